The Morgan fingerprint density at radius 3 is 2.37 bits per heavy atom. The lowest BCUT2D eigenvalue weighted by Gasteiger charge is -2.41. The van der Waals surface area contributed by atoms with E-state index in [0.29, 0.717) is 6.54 Å². The van der Waals surface area contributed by atoms with E-state index in [1.165, 1.54) is 0 Å². The van der Waals surface area contributed by atoms with Crippen LogP contribution in [0.25, 0.3) is 0 Å². The number of hydrogen-bond acceptors (Lipinski definition) is 3. The molecule has 2 amide bonds. The van der Waals surface area contributed by atoms with E-state index in [9.17, 15) is 9.90 Å². The number of piperidine rings is 1. The van der Waals surface area contributed by atoms with Crippen LogP contribution in [-0.2, 0) is 0 Å². The number of likely N-dealkylation sites (N-methyl/N-ethyl adjacent to an activating group) is 1. The molecular weight excluding hydrogens is 242 g/mol. The molecule has 0 radical (unpaired) electrons. The predicted octanol–water partition coefficient (Wildman–Crippen LogP) is 1.27. The van der Waals surface area contributed by atoms with Crippen molar-refractivity contribution in [2.45, 2.75) is 58.2 Å². The molecule has 1 fully saturated rings. The molecule has 1 atom stereocenters. The highest BCUT2D eigenvalue weighted by Crippen LogP contribution is 2.20. The number of carbonyl (C=O) groups excluding carboxylic acids is 1. The van der Waals surface area contributed by atoms with E-state index in [-0.39, 0.29) is 17.6 Å². The first-order valence-corrected chi connectivity index (χ1v) is 7.15. The smallest absolute Gasteiger partial charge is 0.317 e. The highest BCUT2D eigenvalue weighted by Gasteiger charge is 2.28. The Morgan fingerprint density at radius 2 is 1.95 bits per heavy atom. The summed E-state index contributed by atoms with van der Waals surface area (Å²) in [5.41, 5.74) is 0.206. The second-order valence-electron chi connectivity index (χ2n) is 6.61. The first-order valence-electron chi connectivity index (χ1n) is 7.15. The maximum atomic E-state index is 11.9. The van der Waals surface area contributed by atoms with Crippen LogP contribution in [0.2, 0.25) is 0 Å². The topological polar surface area (TPSA) is 55.8 Å². The number of aliphatic hydroxyl groups is 1. The molecule has 1 saturated heterocycles. The van der Waals surface area contributed by atoms with E-state index < -0.39 is 6.10 Å². The summed E-state index contributed by atoms with van der Waals surface area (Å²) < 4.78 is 0. The van der Waals surface area contributed by atoms with Gasteiger partial charge in [-0.2, -0.15) is 0 Å². The summed E-state index contributed by atoms with van der Waals surface area (Å²) in [6, 6.07) is 0.164. The molecular formula is C14H29N3O2. The minimum absolute atomic E-state index is 0.0879. The second-order valence-corrected chi connectivity index (χ2v) is 6.61. The maximum Gasteiger partial charge on any atom is 0.317 e. The van der Waals surface area contributed by atoms with Crippen molar-refractivity contribution >= 4 is 6.03 Å². The van der Waals surface area contributed by atoms with Gasteiger partial charge in [0, 0.05) is 38.3 Å². The number of nitrogens with one attached hydrogen (secondary N) is 1. The van der Waals surface area contributed by atoms with Crippen molar-refractivity contribution in [3.8, 4) is 0 Å². The monoisotopic (exact) mass is 271 g/mol. The molecule has 0 spiro atoms. The summed E-state index contributed by atoms with van der Waals surface area (Å²) in [7, 11) is 1.71. The van der Waals surface area contributed by atoms with Crippen LogP contribution in [0.15, 0.2) is 0 Å². The number of amides is 2. The lowest BCUT2D eigenvalue weighted by Crippen LogP contribution is -2.52. The number of rotatable bonds is 3. The lowest BCUT2D eigenvalue weighted by atomic mass is 9.98. The summed E-state index contributed by atoms with van der Waals surface area (Å²) in [6.45, 7) is 10.8. The highest BCUT2D eigenvalue weighted by atomic mass is 16.3. The molecule has 0 aromatic heterocycles. The molecule has 0 aliphatic carbocycles. The van der Waals surface area contributed by atoms with Gasteiger partial charge in [0.25, 0.3) is 0 Å². The minimum Gasteiger partial charge on any atom is -0.392 e. The third kappa shape index (κ3) is 5.37. The van der Waals surface area contributed by atoms with E-state index in [2.05, 4.69) is 31.0 Å². The van der Waals surface area contributed by atoms with Gasteiger partial charge in [-0.1, -0.05) is 0 Å². The summed E-state index contributed by atoms with van der Waals surface area (Å²) in [6.07, 6.45) is 1.50. The molecule has 0 bridgehead atoms. The van der Waals surface area contributed by atoms with Crippen molar-refractivity contribution in [2.24, 2.45) is 0 Å². The van der Waals surface area contributed by atoms with Gasteiger partial charge in [-0.05, 0) is 40.5 Å². The number of hydrogen-bond donors (Lipinski definition) is 2. The molecule has 0 aromatic rings. The summed E-state index contributed by atoms with van der Waals surface area (Å²) in [4.78, 5) is 15.9. The number of likely N-dealkylation sites (tertiary alicyclic amines) is 1. The number of aliphatic hydroxyl groups excluding tert-OH is 1. The first kappa shape index (κ1) is 16.2. The summed E-state index contributed by atoms with van der Waals surface area (Å²) in [5, 5.41) is 12.3. The zero-order chi connectivity index (χ0) is 14.6. The largest absolute Gasteiger partial charge is 0.392 e. The standard InChI is InChI=1S/C14H29N3O2/c1-11(18)10-16(5)13(19)15-12-6-8-17(9-7-12)14(2,3)4/h11-12,18H,6-10H2,1-5H3,(H,15,19). The van der Waals surface area contributed by atoms with Crippen molar-refractivity contribution in [3.05, 3.63) is 0 Å². The first-order chi connectivity index (χ1) is 8.70. The van der Waals surface area contributed by atoms with Crippen molar-refractivity contribution in [3.63, 3.8) is 0 Å². The Hall–Kier alpha value is -0.810. The second kappa shape index (κ2) is 6.57. The van der Waals surface area contributed by atoms with Gasteiger partial charge >= 0.3 is 6.03 Å². The van der Waals surface area contributed by atoms with Crippen LogP contribution in [0.5, 0.6) is 0 Å². The zero-order valence-corrected chi connectivity index (χ0v) is 12.9. The van der Waals surface area contributed by atoms with E-state index in [4.69, 9.17) is 0 Å². The Morgan fingerprint density at radius 1 is 1.42 bits per heavy atom. The van der Waals surface area contributed by atoms with Crippen LogP contribution >= 0.6 is 0 Å². The number of carbonyl (C=O) groups is 1. The van der Waals surface area contributed by atoms with Gasteiger partial charge in [0.05, 0.1) is 6.10 Å². The predicted molar refractivity (Wildman–Crippen MR) is 77.2 cm³/mol. The molecule has 0 aromatic carbocycles. The third-order valence-electron chi connectivity index (χ3n) is 3.66. The number of nitrogens with zero attached hydrogens (tertiary/aromatic N) is 2. The zero-order valence-electron chi connectivity index (χ0n) is 12.9. The Balaban J connectivity index is 2.35. The molecule has 0 saturated carbocycles. The molecule has 1 aliphatic rings. The van der Waals surface area contributed by atoms with Crippen molar-refractivity contribution < 1.29 is 9.90 Å². The van der Waals surface area contributed by atoms with Gasteiger partial charge in [0.2, 0.25) is 0 Å². The van der Waals surface area contributed by atoms with E-state index >= 15 is 0 Å². The SMILES string of the molecule is CC(O)CN(C)C(=O)NC1CCN(C(C)(C)C)CC1. The molecule has 19 heavy (non-hydrogen) atoms. The lowest BCUT2D eigenvalue weighted by molar-refractivity contribution is 0.0946. The van der Waals surface area contributed by atoms with Crippen molar-refractivity contribution in [1.82, 2.24) is 15.1 Å². The molecule has 1 unspecified atom stereocenters. The Bertz CT molecular complexity index is 292. The van der Waals surface area contributed by atoms with Crippen LogP contribution in [0, 0.1) is 0 Å². The third-order valence-corrected chi connectivity index (χ3v) is 3.66. The summed E-state index contributed by atoms with van der Waals surface area (Å²) in [5.74, 6) is 0. The maximum absolute atomic E-state index is 11.9. The molecule has 5 heteroatoms. The van der Waals surface area contributed by atoms with E-state index in [1.54, 1.807) is 18.9 Å². The average molecular weight is 271 g/mol. The van der Waals surface area contributed by atoms with Crippen LogP contribution in [0.4, 0.5) is 4.79 Å². The van der Waals surface area contributed by atoms with Crippen LogP contribution in [0.1, 0.15) is 40.5 Å². The molecule has 1 heterocycles. The molecule has 5 nitrogen and oxygen atoms in total. The number of urea groups is 1. The highest BCUT2D eigenvalue weighted by molar-refractivity contribution is 5.74. The van der Waals surface area contributed by atoms with Gasteiger partial charge in [-0.3, -0.25) is 4.90 Å². The molecule has 1 rings (SSSR count). The van der Waals surface area contributed by atoms with Crippen LogP contribution < -0.4 is 5.32 Å². The average Bonchev–Trinajstić information content (AvgIpc) is 2.27. The summed E-state index contributed by atoms with van der Waals surface area (Å²) >= 11 is 0. The van der Waals surface area contributed by atoms with Gasteiger partial charge in [0.15, 0.2) is 0 Å². The van der Waals surface area contributed by atoms with Gasteiger partial charge < -0.3 is 15.3 Å². The van der Waals surface area contributed by atoms with E-state index in [0.717, 1.165) is 25.9 Å². The fraction of sp³-hybridized carbons (Fsp3) is 0.929. The van der Waals surface area contributed by atoms with Gasteiger partial charge in [0.1, 0.15) is 0 Å². The normalized spacial score (nSPS) is 20.1. The van der Waals surface area contributed by atoms with Gasteiger partial charge in [-0.15, -0.1) is 0 Å². The molecule has 2 N–H and O–H groups in total. The Labute approximate surface area is 117 Å². The van der Waals surface area contributed by atoms with Crippen molar-refractivity contribution in [1.29, 1.82) is 0 Å². The minimum atomic E-state index is -0.488. The molecule has 1 aliphatic heterocycles. The van der Waals surface area contributed by atoms with E-state index in [1.807, 2.05) is 0 Å². The quantitative estimate of drug-likeness (QED) is 0.813. The fourth-order valence-corrected chi connectivity index (χ4v) is 2.46. The van der Waals surface area contributed by atoms with Crippen LogP contribution in [-0.4, -0.2) is 65.3 Å². The Kier molecular flexibility index (Phi) is 5.62. The van der Waals surface area contributed by atoms with Gasteiger partial charge in [-0.25, -0.2) is 4.79 Å². The van der Waals surface area contributed by atoms with Crippen LogP contribution in [0.3, 0.4) is 0 Å². The van der Waals surface area contributed by atoms with Crippen molar-refractivity contribution in [2.75, 3.05) is 26.7 Å². The fourth-order valence-electron chi connectivity index (χ4n) is 2.46. The molecule has 112 valence electrons.